The normalized spacial score (nSPS) is 12.1. The molecular formula is C29H18N6O4S. The monoisotopic (exact) mass is 546 g/mol. The second-order valence-electron chi connectivity index (χ2n) is 9.12. The summed E-state index contributed by atoms with van der Waals surface area (Å²) in [6, 6.07) is 23.4. The molecule has 4 heterocycles. The highest BCUT2D eigenvalue weighted by molar-refractivity contribution is 7.15. The average molecular weight is 547 g/mol. The first-order chi connectivity index (χ1) is 19.5. The van der Waals surface area contributed by atoms with E-state index in [0.29, 0.717) is 37.9 Å². The molecule has 0 unspecified atom stereocenters. The molecule has 10 nitrogen and oxygen atoms in total. The predicted octanol–water partition coefficient (Wildman–Crippen LogP) is 5.18. The number of benzene rings is 3. The molecule has 0 spiro atoms. The Labute approximate surface area is 229 Å². The molecule has 0 fully saturated rings. The van der Waals surface area contributed by atoms with Gasteiger partial charge in [0, 0.05) is 40.4 Å². The van der Waals surface area contributed by atoms with Crippen molar-refractivity contribution in [1.29, 1.82) is 0 Å². The van der Waals surface area contributed by atoms with Crippen LogP contribution in [0.5, 0.6) is 0 Å². The van der Waals surface area contributed by atoms with Gasteiger partial charge < -0.3 is 4.42 Å². The fourth-order valence-electron chi connectivity index (χ4n) is 4.63. The summed E-state index contributed by atoms with van der Waals surface area (Å²) < 4.78 is 9.41. The largest absolute Gasteiger partial charge is 0.452 e. The third kappa shape index (κ3) is 3.87. The van der Waals surface area contributed by atoms with Crippen LogP contribution >= 0.6 is 11.3 Å². The summed E-state index contributed by atoms with van der Waals surface area (Å²) in [6.07, 6.45) is 3.57. The van der Waals surface area contributed by atoms with Gasteiger partial charge in [-0.05, 0) is 43.3 Å². The topological polar surface area (TPSA) is 121 Å². The van der Waals surface area contributed by atoms with E-state index in [9.17, 15) is 14.9 Å². The highest BCUT2D eigenvalue weighted by Gasteiger charge is 2.20. The van der Waals surface area contributed by atoms with Gasteiger partial charge in [-0.2, -0.15) is 14.6 Å². The zero-order chi connectivity index (χ0) is 27.4. The van der Waals surface area contributed by atoms with Crippen molar-refractivity contribution in [1.82, 2.24) is 24.4 Å². The van der Waals surface area contributed by atoms with Crippen LogP contribution in [0.2, 0.25) is 0 Å². The quantitative estimate of drug-likeness (QED) is 0.215. The van der Waals surface area contributed by atoms with Crippen molar-refractivity contribution in [3.05, 3.63) is 121 Å². The Hall–Kier alpha value is -5.42. The first-order valence-electron chi connectivity index (χ1n) is 12.3. The molecule has 0 aliphatic heterocycles. The van der Waals surface area contributed by atoms with Gasteiger partial charge in [-0.25, -0.2) is 4.68 Å². The number of rotatable bonds is 5. The van der Waals surface area contributed by atoms with Gasteiger partial charge in [-0.3, -0.25) is 14.9 Å². The molecule has 0 atom stereocenters. The Bertz CT molecular complexity index is 2180. The smallest absolute Gasteiger partial charge is 0.291 e. The number of hydrogen-bond donors (Lipinski definition) is 0. The molecule has 3 aromatic carbocycles. The van der Waals surface area contributed by atoms with Gasteiger partial charge in [-0.15, -0.1) is 5.10 Å². The van der Waals surface area contributed by atoms with Gasteiger partial charge in [0.25, 0.3) is 11.2 Å². The second kappa shape index (κ2) is 9.10. The summed E-state index contributed by atoms with van der Waals surface area (Å²) in [5.74, 6) is 0.888. The van der Waals surface area contributed by atoms with Crippen molar-refractivity contribution in [2.24, 2.45) is 0 Å². The number of nitrogens with zero attached hydrogens (tertiary/aromatic N) is 6. The number of thiazole rings is 1. The van der Waals surface area contributed by atoms with Gasteiger partial charge >= 0.3 is 0 Å². The molecule has 0 saturated carbocycles. The van der Waals surface area contributed by atoms with Crippen molar-refractivity contribution >= 4 is 39.0 Å². The maximum atomic E-state index is 13.4. The molecule has 4 aromatic heterocycles. The molecule has 0 bridgehead atoms. The zero-order valence-electron chi connectivity index (χ0n) is 20.9. The number of fused-ring (bicyclic) bond motifs is 2. The molecule has 0 amide bonds. The average Bonchev–Trinajstić information content (AvgIpc) is 3.73. The first kappa shape index (κ1) is 23.7. The van der Waals surface area contributed by atoms with Crippen LogP contribution in [-0.2, 0) is 0 Å². The van der Waals surface area contributed by atoms with Gasteiger partial charge in [0.15, 0.2) is 5.76 Å². The van der Waals surface area contributed by atoms with Crippen molar-refractivity contribution in [3.8, 4) is 28.5 Å². The highest BCUT2D eigenvalue weighted by Crippen LogP contribution is 2.31. The summed E-state index contributed by atoms with van der Waals surface area (Å²) >= 11 is 1.22. The van der Waals surface area contributed by atoms with Gasteiger partial charge in [0.2, 0.25) is 10.8 Å². The van der Waals surface area contributed by atoms with Gasteiger partial charge in [0.1, 0.15) is 11.3 Å². The molecule has 7 aromatic rings. The highest BCUT2D eigenvalue weighted by atomic mass is 32.1. The Morgan fingerprint density at radius 2 is 1.73 bits per heavy atom. The van der Waals surface area contributed by atoms with Crippen LogP contribution < -0.4 is 10.1 Å². The molecule has 7 rings (SSSR count). The van der Waals surface area contributed by atoms with E-state index in [2.05, 4.69) is 10.1 Å². The number of aryl methyl sites for hydroxylation is 1. The molecule has 11 heteroatoms. The molecule has 0 saturated heterocycles. The van der Waals surface area contributed by atoms with Crippen molar-refractivity contribution in [2.45, 2.75) is 6.92 Å². The van der Waals surface area contributed by atoms with E-state index in [-0.39, 0.29) is 11.2 Å². The molecule has 194 valence electrons. The number of nitro groups is 1. The summed E-state index contributed by atoms with van der Waals surface area (Å²) in [5, 5.41) is 21.3. The van der Waals surface area contributed by atoms with E-state index in [1.54, 1.807) is 22.9 Å². The molecule has 0 aliphatic carbocycles. The van der Waals surface area contributed by atoms with Crippen LogP contribution in [0.3, 0.4) is 0 Å². The molecule has 40 heavy (non-hydrogen) atoms. The van der Waals surface area contributed by atoms with Crippen molar-refractivity contribution in [3.63, 3.8) is 0 Å². The van der Waals surface area contributed by atoms with Crippen LogP contribution in [-0.4, -0.2) is 29.3 Å². The minimum atomic E-state index is -0.446. The van der Waals surface area contributed by atoms with Crippen LogP contribution in [0.4, 0.5) is 5.69 Å². The van der Waals surface area contributed by atoms with Crippen molar-refractivity contribution < 1.29 is 9.34 Å². The summed E-state index contributed by atoms with van der Waals surface area (Å²) in [4.78, 5) is 29.1. The zero-order valence-corrected chi connectivity index (χ0v) is 21.7. The SMILES string of the molecule is Cc1c(-c2nc3s/c(=C\c4cn(-c5ccccc5)nc4-c4ccc([N+](=O)[O-])cc4)c(=O)n3n2)oc2ccccc12. The lowest BCUT2D eigenvalue weighted by Gasteiger charge is -2.00. The number of hydrogen-bond acceptors (Lipinski definition) is 8. The fraction of sp³-hybridized carbons (Fsp3) is 0.0345. The Morgan fingerprint density at radius 1 is 0.975 bits per heavy atom. The standard InChI is InChI=1S/C29H18N6O4S/c1-17-22-9-5-6-10-23(22)39-26(17)27-30-29-34(32-27)28(36)24(40-29)15-19-16-33(20-7-3-2-4-8-20)31-25(19)18-11-13-21(14-12-18)35(37)38/h2-16H,1H3/b24-15-. The fourth-order valence-corrected chi connectivity index (χ4v) is 5.53. The molecular weight excluding hydrogens is 528 g/mol. The maximum absolute atomic E-state index is 13.4. The van der Waals surface area contributed by atoms with Crippen LogP contribution in [0, 0.1) is 17.0 Å². The van der Waals surface area contributed by atoms with E-state index in [1.807, 2.05) is 67.7 Å². The Morgan fingerprint density at radius 3 is 2.45 bits per heavy atom. The lowest BCUT2D eigenvalue weighted by atomic mass is 10.1. The Balaban J connectivity index is 1.35. The van der Waals surface area contributed by atoms with Crippen LogP contribution in [0.15, 0.2) is 94.3 Å². The minimum Gasteiger partial charge on any atom is -0.452 e. The first-order valence-corrected chi connectivity index (χ1v) is 13.1. The summed E-state index contributed by atoms with van der Waals surface area (Å²) in [6.45, 7) is 1.94. The van der Waals surface area contributed by atoms with Gasteiger partial charge in [0.05, 0.1) is 15.1 Å². The van der Waals surface area contributed by atoms with E-state index < -0.39 is 4.92 Å². The number of aromatic nitrogens is 5. The number of nitro benzene ring substituents is 1. The van der Waals surface area contributed by atoms with Crippen molar-refractivity contribution in [2.75, 3.05) is 0 Å². The summed E-state index contributed by atoms with van der Waals surface area (Å²) in [5.41, 5.74) is 4.09. The second-order valence-corrected chi connectivity index (χ2v) is 10.1. The summed E-state index contributed by atoms with van der Waals surface area (Å²) in [7, 11) is 0. The van der Waals surface area contributed by atoms with E-state index >= 15 is 0 Å². The third-order valence-corrected chi connectivity index (χ3v) is 7.59. The van der Waals surface area contributed by atoms with E-state index in [0.717, 1.165) is 22.2 Å². The molecule has 0 radical (unpaired) electrons. The van der Waals surface area contributed by atoms with Gasteiger partial charge in [-0.1, -0.05) is 47.7 Å². The maximum Gasteiger partial charge on any atom is 0.291 e. The Kier molecular flexibility index (Phi) is 5.39. The third-order valence-electron chi connectivity index (χ3n) is 6.63. The lowest BCUT2D eigenvalue weighted by Crippen LogP contribution is -2.23. The molecule has 0 N–H and O–H groups in total. The predicted molar refractivity (Wildman–Crippen MR) is 152 cm³/mol. The van der Waals surface area contributed by atoms with Crippen LogP contribution in [0.1, 0.15) is 11.1 Å². The number of para-hydroxylation sites is 2. The van der Waals surface area contributed by atoms with E-state index in [1.165, 1.54) is 28.0 Å². The van der Waals surface area contributed by atoms with Crippen LogP contribution in [0.25, 0.3) is 50.5 Å². The number of non-ortho nitro benzene ring substituents is 1. The minimum absolute atomic E-state index is 0.0142. The van der Waals surface area contributed by atoms with E-state index in [4.69, 9.17) is 9.52 Å². The number of furan rings is 1. The molecule has 0 aliphatic rings. The lowest BCUT2D eigenvalue weighted by molar-refractivity contribution is -0.384.